The Labute approximate surface area is 112 Å². The topological polar surface area (TPSA) is 64.9 Å². The van der Waals surface area contributed by atoms with Crippen molar-refractivity contribution in [2.24, 2.45) is 7.05 Å². The van der Waals surface area contributed by atoms with Crippen LogP contribution in [0.5, 0.6) is 11.6 Å². The van der Waals surface area contributed by atoms with Crippen LogP contribution in [0.4, 0.5) is 5.82 Å². The van der Waals surface area contributed by atoms with Gasteiger partial charge in [0.25, 0.3) is 0 Å². The summed E-state index contributed by atoms with van der Waals surface area (Å²) in [6.07, 6.45) is 5.27. The summed E-state index contributed by atoms with van der Waals surface area (Å²) in [5, 5.41) is 7.31. The maximum atomic E-state index is 5.69. The molecule has 0 radical (unpaired) electrons. The molecule has 2 rings (SSSR count). The van der Waals surface area contributed by atoms with Gasteiger partial charge in [-0.25, -0.2) is 4.98 Å². The molecule has 0 unspecified atom stereocenters. The van der Waals surface area contributed by atoms with Crippen LogP contribution >= 0.6 is 0 Å². The van der Waals surface area contributed by atoms with Gasteiger partial charge in [0.05, 0.1) is 12.4 Å². The van der Waals surface area contributed by atoms with E-state index in [1.807, 2.05) is 20.0 Å². The van der Waals surface area contributed by atoms with Gasteiger partial charge < -0.3 is 10.1 Å². The molecule has 0 amide bonds. The average Bonchev–Trinajstić information content (AvgIpc) is 2.81. The minimum absolute atomic E-state index is 0.540. The van der Waals surface area contributed by atoms with Crippen molar-refractivity contribution < 1.29 is 4.74 Å². The Morgan fingerprint density at radius 3 is 2.79 bits per heavy atom. The smallest absolute Gasteiger partial charge is 0.224 e. The van der Waals surface area contributed by atoms with Crippen molar-refractivity contribution in [2.45, 2.75) is 26.7 Å². The molecule has 19 heavy (non-hydrogen) atoms. The maximum Gasteiger partial charge on any atom is 0.224 e. The Morgan fingerprint density at radius 2 is 2.16 bits per heavy atom. The Morgan fingerprint density at radius 1 is 1.32 bits per heavy atom. The highest BCUT2D eigenvalue weighted by Crippen LogP contribution is 2.21. The van der Waals surface area contributed by atoms with Crippen LogP contribution in [-0.4, -0.2) is 26.3 Å². The predicted molar refractivity (Wildman–Crippen MR) is 73.5 cm³/mol. The summed E-state index contributed by atoms with van der Waals surface area (Å²) < 4.78 is 7.38. The van der Waals surface area contributed by atoms with E-state index in [0.29, 0.717) is 11.6 Å². The van der Waals surface area contributed by atoms with Gasteiger partial charge in [-0.3, -0.25) is 4.68 Å². The van der Waals surface area contributed by atoms with E-state index in [9.17, 15) is 0 Å². The zero-order valence-corrected chi connectivity index (χ0v) is 11.6. The largest absolute Gasteiger partial charge is 0.436 e. The van der Waals surface area contributed by atoms with Crippen molar-refractivity contribution in [3.05, 3.63) is 24.3 Å². The van der Waals surface area contributed by atoms with E-state index < -0.39 is 0 Å². The highest BCUT2D eigenvalue weighted by Gasteiger charge is 2.06. The van der Waals surface area contributed by atoms with Crippen molar-refractivity contribution in [2.75, 3.05) is 11.9 Å². The first kappa shape index (κ1) is 13.3. The Kier molecular flexibility index (Phi) is 4.33. The second-order valence-electron chi connectivity index (χ2n) is 4.24. The molecule has 6 nitrogen and oxygen atoms in total. The molecule has 6 heteroatoms. The van der Waals surface area contributed by atoms with E-state index in [1.54, 1.807) is 17.1 Å². The van der Waals surface area contributed by atoms with Crippen LogP contribution in [0.15, 0.2) is 18.5 Å². The van der Waals surface area contributed by atoms with Gasteiger partial charge in [0.2, 0.25) is 5.88 Å². The first-order valence-corrected chi connectivity index (χ1v) is 6.49. The monoisotopic (exact) mass is 261 g/mol. The molecule has 1 N–H and O–H groups in total. The molecule has 0 spiro atoms. The van der Waals surface area contributed by atoms with Crippen LogP contribution in [-0.2, 0) is 13.5 Å². The third-order valence-electron chi connectivity index (χ3n) is 2.52. The predicted octanol–water partition coefficient (Wildman–Crippen LogP) is 2.39. The van der Waals surface area contributed by atoms with Gasteiger partial charge in [0.15, 0.2) is 5.75 Å². The van der Waals surface area contributed by atoms with Crippen molar-refractivity contribution >= 4 is 5.82 Å². The fraction of sp³-hybridized carbons (Fsp3) is 0.462. The Hall–Kier alpha value is -2.11. The minimum atomic E-state index is 0.540. The number of hydrogen-bond acceptors (Lipinski definition) is 5. The van der Waals surface area contributed by atoms with Crippen molar-refractivity contribution in [1.82, 2.24) is 19.7 Å². The molecule has 0 bridgehead atoms. The van der Waals surface area contributed by atoms with Crippen molar-refractivity contribution in [1.29, 1.82) is 0 Å². The Balaban J connectivity index is 2.18. The van der Waals surface area contributed by atoms with Gasteiger partial charge >= 0.3 is 0 Å². The van der Waals surface area contributed by atoms with Crippen LogP contribution in [0, 0.1) is 0 Å². The summed E-state index contributed by atoms with van der Waals surface area (Å²) >= 11 is 0. The number of hydrogen-bond donors (Lipinski definition) is 1. The molecule has 0 aliphatic carbocycles. The van der Waals surface area contributed by atoms with Crippen LogP contribution in [0.2, 0.25) is 0 Å². The second kappa shape index (κ2) is 6.17. The maximum absolute atomic E-state index is 5.69. The van der Waals surface area contributed by atoms with E-state index in [2.05, 4.69) is 27.3 Å². The van der Waals surface area contributed by atoms with Gasteiger partial charge in [-0.2, -0.15) is 10.1 Å². The standard InChI is InChI=1S/C13H19N5O/c1-4-6-14-12-7-13(17-11(5-2)16-12)19-10-8-15-18(3)9-10/h7-9H,4-6H2,1-3H3,(H,14,16,17). The molecule has 0 atom stereocenters. The SMILES string of the molecule is CCCNc1cc(Oc2cnn(C)c2)nc(CC)n1. The summed E-state index contributed by atoms with van der Waals surface area (Å²) in [6, 6.07) is 1.81. The van der Waals surface area contributed by atoms with Gasteiger partial charge in [-0.15, -0.1) is 0 Å². The molecule has 2 aromatic heterocycles. The van der Waals surface area contributed by atoms with E-state index in [-0.39, 0.29) is 0 Å². The lowest BCUT2D eigenvalue weighted by molar-refractivity contribution is 0.458. The quantitative estimate of drug-likeness (QED) is 0.865. The number of ether oxygens (including phenoxy) is 1. The van der Waals surface area contributed by atoms with Gasteiger partial charge in [-0.05, 0) is 6.42 Å². The van der Waals surface area contributed by atoms with Crippen molar-refractivity contribution in [3.8, 4) is 11.6 Å². The zero-order valence-electron chi connectivity index (χ0n) is 11.6. The molecule has 2 aromatic rings. The van der Waals surface area contributed by atoms with E-state index in [0.717, 1.165) is 31.0 Å². The van der Waals surface area contributed by atoms with E-state index >= 15 is 0 Å². The lowest BCUT2D eigenvalue weighted by Gasteiger charge is -2.08. The third kappa shape index (κ3) is 3.67. The summed E-state index contributed by atoms with van der Waals surface area (Å²) in [5.74, 6) is 2.77. The molecular weight excluding hydrogens is 242 g/mol. The molecule has 2 heterocycles. The van der Waals surface area contributed by atoms with E-state index in [1.165, 1.54) is 0 Å². The summed E-state index contributed by atoms with van der Waals surface area (Å²) in [6.45, 7) is 5.02. The van der Waals surface area contributed by atoms with Crippen LogP contribution in [0.25, 0.3) is 0 Å². The number of aryl methyl sites for hydroxylation is 2. The fourth-order valence-corrected chi connectivity index (χ4v) is 1.60. The minimum Gasteiger partial charge on any atom is -0.436 e. The number of nitrogens with one attached hydrogen (secondary N) is 1. The first-order valence-electron chi connectivity index (χ1n) is 6.49. The number of rotatable bonds is 6. The molecule has 0 aliphatic heterocycles. The first-order chi connectivity index (χ1) is 9.21. The molecule has 0 aromatic carbocycles. The second-order valence-corrected chi connectivity index (χ2v) is 4.24. The fourth-order valence-electron chi connectivity index (χ4n) is 1.60. The summed E-state index contributed by atoms with van der Waals surface area (Å²) in [5.41, 5.74) is 0. The number of anilines is 1. The third-order valence-corrected chi connectivity index (χ3v) is 2.52. The normalized spacial score (nSPS) is 10.5. The summed E-state index contributed by atoms with van der Waals surface area (Å²) in [4.78, 5) is 8.77. The van der Waals surface area contributed by atoms with Crippen LogP contribution in [0.1, 0.15) is 26.1 Å². The van der Waals surface area contributed by atoms with Gasteiger partial charge in [0.1, 0.15) is 11.6 Å². The van der Waals surface area contributed by atoms with Crippen LogP contribution in [0.3, 0.4) is 0 Å². The lowest BCUT2D eigenvalue weighted by atomic mass is 10.4. The zero-order chi connectivity index (χ0) is 13.7. The highest BCUT2D eigenvalue weighted by atomic mass is 16.5. The number of aromatic nitrogens is 4. The molecule has 0 saturated carbocycles. The van der Waals surface area contributed by atoms with Crippen molar-refractivity contribution in [3.63, 3.8) is 0 Å². The van der Waals surface area contributed by atoms with E-state index in [4.69, 9.17) is 4.74 Å². The number of nitrogens with zero attached hydrogens (tertiary/aromatic N) is 4. The molecule has 0 saturated heterocycles. The Bertz CT molecular complexity index is 538. The van der Waals surface area contributed by atoms with Crippen LogP contribution < -0.4 is 10.1 Å². The highest BCUT2D eigenvalue weighted by molar-refractivity contribution is 5.39. The van der Waals surface area contributed by atoms with Gasteiger partial charge in [0, 0.05) is 26.1 Å². The molecule has 0 aliphatic rings. The molecular formula is C13H19N5O. The molecule has 0 fully saturated rings. The molecule has 102 valence electrons. The average molecular weight is 261 g/mol. The lowest BCUT2D eigenvalue weighted by Crippen LogP contribution is -2.05. The summed E-state index contributed by atoms with van der Waals surface area (Å²) in [7, 11) is 1.85. The van der Waals surface area contributed by atoms with Gasteiger partial charge in [-0.1, -0.05) is 13.8 Å².